The lowest BCUT2D eigenvalue weighted by atomic mass is 9.67. The Morgan fingerprint density at radius 3 is 2.30 bits per heavy atom. The lowest BCUT2D eigenvalue weighted by molar-refractivity contribution is -0.160. The Bertz CT molecular complexity index is 1360. The highest BCUT2D eigenvalue weighted by molar-refractivity contribution is 7.89. The summed E-state index contributed by atoms with van der Waals surface area (Å²) in [4.78, 5) is 28.3. The number of piperidine rings is 2. The van der Waals surface area contributed by atoms with Crippen LogP contribution in [0.15, 0.2) is 48.5 Å². The average Bonchev–Trinajstić information content (AvgIpc) is 3.75. The summed E-state index contributed by atoms with van der Waals surface area (Å²) >= 11 is 12.7. The molecule has 2 aromatic rings. The molecule has 4 atom stereocenters. The Balaban J connectivity index is 1.65. The maximum atomic E-state index is 14.5. The van der Waals surface area contributed by atoms with Crippen molar-refractivity contribution in [2.75, 3.05) is 18.8 Å². The highest BCUT2D eigenvalue weighted by Gasteiger charge is 2.55. The number of hydrogen-bond donors (Lipinski definition) is 1. The maximum absolute atomic E-state index is 14.5. The minimum absolute atomic E-state index is 0.0329. The second kappa shape index (κ2) is 11.6. The van der Waals surface area contributed by atoms with E-state index in [9.17, 15) is 23.1 Å². The van der Waals surface area contributed by atoms with Gasteiger partial charge in [-0.15, -0.1) is 0 Å². The molecule has 2 heterocycles. The van der Waals surface area contributed by atoms with Crippen molar-refractivity contribution in [2.45, 2.75) is 69.9 Å². The molecular formula is C30H36Cl2N2O5S. The van der Waals surface area contributed by atoms with Crippen molar-refractivity contribution in [2.24, 2.45) is 11.3 Å². The number of likely N-dealkylation sites (tertiary alicyclic amines) is 1. The van der Waals surface area contributed by atoms with Gasteiger partial charge < -0.3 is 10.0 Å². The van der Waals surface area contributed by atoms with Gasteiger partial charge in [0.1, 0.15) is 0 Å². The maximum Gasteiger partial charge on any atom is 0.304 e. The number of sulfonamides is 1. The van der Waals surface area contributed by atoms with Crippen molar-refractivity contribution in [3.8, 4) is 0 Å². The monoisotopic (exact) mass is 606 g/mol. The number of nitrogens with zero attached hydrogens (tertiary/aromatic N) is 2. The molecule has 0 spiro atoms. The first-order valence-corrected chi connectivity index (χ1v) is 16.4. The Kier molecular flexibility index (Phi) is 8.54. The summed E-state index contributed by atoms with van der Waals surface area (Å²) in [5.74, 6) is -1.81. The van der Waals surface area contributed by atoms with Crippen LogP contribution in [0.5, 0.6) is 0 Å². The smallest absolute Gasteiger partial charge is 0.304 e. The van der Waals surface area contributed by atoms with E-state index in [-0.39, 0.29) is 29.9 Å². The van der Waals surface area contributed by atoms with E-state index < -0.39 is 33.5 Å². The number of benzene rings is 2. The quantitative estimate of drug-likeness (QED) is 0.371. The minimum Gasteiger partial charge on any atom is -0.481 e. The highest BCUT2D eigenvalue weighted by Crippen LogP contribution is 2.54. The Labute approximate surface area is 246 Å². The van der Waals surface area contributed by atoms with E-state index in [1.165, 1.54) is 0 Å². The first-order valence-electron chi connectivity index (χ1n) is 14.0. The van der Waals surface area contributed by atoms with Gasteiger partial charge in [0.2, 0.25) is 15.9 Å². The third-order valence-electron chi connectivity index (χ3n) is 8.75. The third-order valence-corrected chi connectivity index (χ3v) is 11.1. The summed E-state index contributed by atoms with van der Waals surface area (Å²) in [6, 6.07) is 13.7. The Morgan fingerprint density at radius 2 is 1.70 bits per heavy atom. The lowest BCUT2D eigenvalue weighted by Gasteiger charge is -2.52. The molecular weight excluding hydrogens is 571 g/mol. The van der Waals surface area contributed by atoms with Crippen LogP contribution in [0.1, 0.15) is 75.0 Å². The molecule has 3 fully saturated rings. The lowest BCUT2D eigenvalue weighted by Crippen LogP contribution is -2.59. The van der Waals surface area contributed by atoms with Crippen LogP contribution in [0.2, 0.25) is 10.0 Å². The van der Waals surface area contributed by atoms with E-state index in [1.54, 1.807) is 34.3 Å². The van der Waals surface area contributed by atoms with Crippen LogP contribution >= 0.6 is 23.2 Å². The number of halogens is 2. The first-order chi connectivity index (χ1) is 19.0. The summed E-state index contributed by atoms with van der Waals surface area (Å²) < 4.78 is 29.1. The van der Waals surface area contributed by atoms with E-state index in [4.69, 9.17) is 23.2 Å². The van der Waals surface area contributed by atoms with Gasteiger partial charge in [-0.05, 0) is 73.4 Å². The van der Waals surface area contributed by atoms with Gasteiger partial charge in [0.05, 0.1) is 29.7 Å². The topological polar surface area (TPSA) is 95.0 Å². The zero-order valence-corrected chi connectivity index (χ0v) is 25.0. The molecule has 216 valence electrons. The number of carboxylic acid groups (broad SMARTS) is 1. The average molecular weight is 608 g/mol. The van der Waals surface area contributed by atoms with E-state index in [1.807, 2.05) is 30.3 Å². The molecule has 40 heavy (non-hydrogen) atoms. The van der Waals surface area contributed by atoms with E-state index in [0.717, 1.165) is 43.2 Å². The molecule has 1 saturated carbocycles. The number of aliphatic carboxylic acids is 1. The minimum atomic E-state index is -3.64. The highest BCUT2D eigenvalue weighted by atomic mass is 35.5. The van der Waals surface area contributed by atoms with Gasteiger partial charge in [-0.1, -0.05) is 60.8 Å². The second-order valence-corrected chi connectivity index (χ2v) is 14.7. The predicted octanol–water partition coefficient (Wildman–Crippen LogP) is 6.13. The summed E-state index contributed by atoms with van der Waals surface area (Å²) in [5, 5.41) is 11.0. The first kappa shape index (κ1) is 29.4. The Morgan fingerprint density at radius 1 is 1.02 bits per heavy atom. The fourth-order valence-electron chi connectivity index (χ4n) is 6.63. The molecule has 2 aromatic carbocycles. The van der Waals surface area contributed by atoms with Crippen LogP contribution in [0.3, 0.4) is 0 Å². The molecule has 3 aliphatic rings. The second-order valence-electron chi connectivity index (χ2n) is 11.8. The zero-order valence-electron chi connectivity index (χ0n) is 22.6. The van der Waals surface area contributed by atoms with E-state index >= 15 is 0 Å². The van der Waals surface area contributed by atoms with E-state index in [2.05, 4.69) is 0 Å². The van der Waals surface area contributed by atoms with Crippen LogP contribution in [0.25, 0.3) is 0 Å². The van der Waals surface area contributed by atoms with Crippen molar-refractivity contribution in [1.29, 1.82) is 0 Å². The molecule has 1 aliphatic carbocycles. The van der Waals surface area contributed by atoms with Gasteiger partial charge in [-0.25, -0.2) is 12.7 Å². The van der Waals surface area contributed by atoms with Crippen molar-refractivity contribution >= 4 is 45.1 Å². The summed E-state index contributed by atoms with van der Waals surface area (Å²) in [6.45, 7) is 2.70. The molecule has 1 amide bonds. The number of hydrogen-bond acceptors (Lipinski definition) is 4. The number of carboxylic acids is 1. The largest absolute Gasteiger partial charge is 0.481 e. The Hall–Kier alpha value is -2.13. The van der Waals surface area contributed by atoms with Crippen LogP contribution < -0.4 is 0 Å². The molecule has 7 nitrogen and oxygen atoms in total. The molecule has 2 saturated heterocycles. The normalized spacial score (nSPS) is 27.0. The van der Waals surface area contributed by atoms with Crippen molar-refractivity contribution < 1.29 is 23.1 Å². The van der Waals surface area contributed by atoms with Crippen LogP contribution in [-0.4, -0.2) is 59.5 Å². The van der Waals surface area contributed by atoms with Crippen molar-refractivity contribution in [3.05, 3.63) is 69.7 Å². The van der Waals surface area contributed by atoms with Crippen LogP contribution in [0.4, 0.5) is 0 Å². The van der Waals surface area contributed by atoms with Crippen molar-refractivity contribution in [1.82, 2.24) is 9.21 Å². The fraction of sp³-hybridized carbons (Fsp3) is 0.533. The fourth-order valence-corrected chi connectivity index (χ4v) is 8.85. The van der Waals surface area contributed by atoms with Gasteiger partial charge in [-0.2, -0.15) is 0 Å². The molecule has 1 N–H and O–H groups in total. The van der Waals surface area contributed by atoms with Gasteiger partial charge in [0.25, 0.3) is 0 Å². The number of carbonyl (C=O) groups is 2. The van der Waals surface area contributed by atoms with E-state index in [0.29, 0.717) is 29.6 Å². The summed E-state index contributed by atoms with van der Waals surface area (Å²) in [5.41, 5.74) is 0.500. The van der Waals surface area contributed by atoms with Gasteiger partial charge in [-0.3, -0.25) is 9.59 Å². The van der Waals surface area contributed by atoms with Crippen LogP contribution in [-0.2, 0) is 19.6 Å². The SMILES string of the molecule is C[C@@]1(CC(=O)O)C[C@H](c2cccc(Cl)c2)[C@@H](c2ccc(Cl)cc2)N([C@H](CS(=O)(=O)N2CCCCC2)C2CC2)C1=O. The summed E-state index contributed by atoms with van der Waals surface area (Å²) in [7, 11) is -3.64. The molecule has 2 aliphatic heterocycles. The molecule has 0 radical (unpaired) electrons. The molecule has 0 aromatic heterocycles. The van der Waals surface area contributed by atoms with Crippen molar-refractivity contribution in [3.63, 3.8) is 0 Å². The van der Waals surface area contributed by atoms with Crippen LogP contribution in [0, 0.1) is 11.3 Å². The number of carbonyl (C=O) groups excluding carboxylic acids is 1. The predicted molar refractivity (Wildman–Crippen MR) is 156 cm³/mol. The third kappa shape index (κ3) is 6.20. The molecule has 10 heteroatoms. The molecule has 0 bridgehead atoms. The standard InChI is InChI=1S/C30H36Cl2N2O5S/c1-30(18-27(35)36)17-25(22-6-5-7-24(32)16-22)28(21-10-12-23(31)13-11-21)34(29(30)37)26(20-8-9-20)19-40(38,39)33-14-3-2-4-15-33/h5-7,10-13,16,20,25-26,28H,2-4,8-9,14-15,17-19H2,1H3,(H,35,36)/t25-,26-,28-,30+/m1/s1. The van der Waals surface area contributed by atoms with Gasteiger partial charge >= 0.3 is 5.97 Å². The zero-order chi connectivity index (χ0) is 28.7. The van der Waals surface area contributed by atoms with Gasteiger partial charge in [0.15, 0.2) is 0 Å². The molecule has 5 rings (SSSR count). The number of amides is 1. The van der Waals surface area contributed by atoms with Gasteiger partial charge in [0, 0.05) is 29.1 Å². The summed E-state index contributed by atoms with van der Waals surface area (Å²) in [6.07, 6.45) is 4.27. The number of rotatable bonds is 9. The molecule has 0 unspecified atom stereocenters.